The molecule has 0 nitrogen and oxygen atoms in total. The predicted octanol–water partition coefficient (Wildman–Crippen LogP) is 9.37. The Balaban J connectivity index is 1.69. The number of fused-ring (bicyclic) bond motifs is 3. The van der Waals surface area contributed by atoms with E-state index in [-0.39, 0.29) is 10.8 Å². The summed E-state index contributed by atoms with van der Waals surface area (Å²) in [5.74, 6) is 0. The standard InChI is InChI=1S/C21H25.2C7H7.Hf/c1-20(2,3)16-7-9-18-14(12-16)11-15-13-17(21(4,5)6)8-10-19(15)18;2*1-7-5-3-2-4-6-7;/h7-13H,1-6H3;2*2-6H,1H2;. The summed E-state index contributed by atoms with van der Waals surface area (Å²) >= 11 is -2.34. The third kappa shape index (κ3) is 5.23. The van der Waals surface area contributed by atoms with Gasteiger partial charge in [-0.05, 0) is 0 Å². The van der Waals surface area contributed by atoms with E-state index in [1.807, 2.05) is 0 Å². The third-order valence-electron chi connectivity index (χ3n) is 7.70. The molecule has 4 aromatic rings. The zero-order valence-electron chi connectivity index (χ0n) is 22.7. The van der Waals surface area contributed by atoms with Gasteiger partial charge in [-0.3, -0.25) is 0 Å². The van der Waals surface area contributed by atoms with Crippen LogP contribution in [0.1, 0.15) is 78.6 Å². The van der Waals surface area contributed by atoms with E-state index in [4.69, 9.17) is 0 Å². The molecule has 0 bridgehead atoms. The van der Waals surface area contributed by atoms with E-state index in [1.165, 1.54) is 41.7 Å². The molecule has 0 unspecified atom stereocenters. The van der Waals surface area contributed by atoms with E-state index in [1.54, 1.807) is 11.1 Å². The van der Waals surface area contributed by atoms with E-state index < -0.39 is 21.4 Å². The summed E-state index contributed by atoms with van der Waals surface area (Å²) < 4.78 is 3.15. The number of rotatable bonds is 5. The van der Waals surface area contributed by atoms with Crippen LogP contribution in [0.5, 0.6) is 0 Å². The molecule has 0 fully saturated rings. The first-order valence-electron chi connectivity index (χ1n) is 13.3. The number of hydrogen-bond acceptors (Lipinski definition) is 0. The van der Waals surface area contributed by atoms with Crippen molar-refractivity contribution in [2.24, 2.45) is 0 Å². The Morgan fingerprint density at radius 1 is 0.528 bits per heavy atom. The molecule has 0 aliphatic heterocycles. The van der Waals surface area contributed by atoms with Crippen molar-refractivity contribution in [1.29, 1.82) is 0 Å². The number of benzene rings is 4. The Kier molecular flexibility index (Phi) is 6.98. The van der Waals surface area contributed by atoms with Crippen molar-refractivity contribution in [3.8, 4) is 11.1 Å². The molecule has 36 heavy (non-hydrogen) atoms. The summed E-state index contributed by atoms with van der Waals surface area (Å²) in [5.41, 5.74) is 12.4. The van der Waals surface area contributed by atoms with Crippen LogP contribution in [0, 0.1) is 0 Å². The van der Waals surface area contributed by atoms with Crippen LogP contribution in [0.3, 0.4) is 0 Å². The van der Waals surface area contributed by atoms with E-state index >= 15 is 0 Å². The molecule has 0 heterocycles. The monoisotopic (exact) mass is 639 g/mol. The van der Waals surface area contributed by atoms with Gasteiger partial charge in [0.1, 0.15) is 0 Å². The van der Waals surface area contributed by atoms with Gasteiger partial charge in [0.2, 0.25) is 0 Å². The summed E-state index contributed by atoms with van der Waals surface area (Å²) in [6.07, 6.45) is 0. The van der Waals surface area contributed by atoms with Crippen LogP contribution in [0.25, 0.3) is 11.1 Å². The van der Waals surface area contributed by atoms with Gasteiger partial charge in [0.15, 0.2) is 0 Å². The molecule has 5 rings (SSSR count). The van der Waals surface area contributed by atoms with Gasteiger partial charge in [0, 0.05) is 0 Å². The number of hydrogen-bond donors (Lipinski definition) is 0. The summed E-state index contributed by atoms with van der Waals surface area (Å²) in [6, 6.07) is 37.3. The molecule has 0 aromatic heterocycles. The normalized spacial score (nSPS) is 13.4. The second kappa shape index (κ2) is 9.90. The van der Waals surface area contributed by atoms with Gasteiger partial charge < -0.3 is 0 Å². The van der Waals surface area contributed by atoms with E-state index in [9.17, 15) is 0 Å². The second-order valence-corrected chi connectivity index (χ2v) is 21.9. The SMILES string of the molecule is CC(C)(C)c1ccc2c(c1)[CH]([Hf]([CH2]c1ccccc1)[CH2]c1ccccc1)c1cc(C(C)(C)C)ccc1-2. The average molecular weight is 638 g/mol. The molecule has 0 radical (unpaired) electrons. The molecule has 1 aliphatic carbocycles. The topological polar surface area (TPSA) is 0 Å². The molecule has 0 spiro atoms. The van der Waals surface area contributed by atoms with Gasteiger partial charge in [0.25, 0.3) is 0 Å². The van der Waals surface area contributed by atoms with Gasteiger partial charge in [-0.25, -0.2) is 0 Å². The maximum absolute atomic E-state index is 2.58. The minimum absolute atomic E-state index is 0.148. The molecule has 1 aliphatic rings. The van der Waals surface area contributed by atoms with Gasteiger partial charge in [-0.1, -0.05) is 0 Å². The van der Waals surface area contributed by atoms with Crippen LogP contribution in [0.4, 0.5) is 0 Å². The van der Waals surface area contributed by atoms with Crippen molar-refractivity contribution in [2.75, 3.05) is 0 Å². The molecular formula is C35H39Hf. The van der Waals surface area contributed by atoms with E-state index in [2.05, 4.69) is 139 Å². The van der Waals surface area contributed by atoms with E-state index in [0.717, 1.165) is 0 Å². The molecule has 0 saturated heterocycles. The first-order valence-corrected chi connectivity index (χ1v) is 20.5. The molecule has 0 saturated carbocycles. The molecule has 1 heteroatoms. The van der Waals surface area contributed by atoms with Crippen molar-refractivity contribution in [1.82, 2.24) is 0 Å². The van der Waals surface area contributed by atoms with Gasteiger partial charge in [-0.15, -0.1) is 0 Å². The van der Waals surface area contributed by atoms with Gasteiger partial charge >= 0.3 is 227 Å². The summed E-state index contributed by atoms with van der Waals surface area (Å²) in [7, 11) is 0. The van der Waals surface area contributed by atoms with Crippen LogP contribution in [-0.2, 0) is 40.6 Å². The first kappa shape index (κ1) is 25.4. The Hall–Kier alpha value is -2.25. The molecule has 0 amide bonds. The zero-order chi connectivity index (χ0) is 25.5. The summed E-state index contributed by atoms with van der Waals surface area (Å²) in [5, 5.41) is 0. The fourth-order valence-corrected chi connectivity index (χ4v) is 17.9. The van der Waals surface area contributed by atoms with Crippen molar-refractivity contribution in [3.05, 3.63) is 130 Å². The van der Waals surface area contributed by atoms with Crippen LogP contribution in [-0.4, -0.2) is 0 Å². The van der Waals surface area contributed by atoms with Crippen molar-refractivity contribution >= 4 is 0 Å². The Bertz CT molecular complexity index is 1230. The predicted molar refractivity (Wildman–Crippen MR) is 151 cm³/mol. The van der Waals surface area contributed by atoms with E-state index in [0.29, 0.717) is 3.67 Å². The summed E-state index contributed by atoms with van der Waals surface area (Å²) in [4.78, 5) is 0. The molecule has 183 valence electrons. The fourth-order valence-electron chi connectivity index (χ4n) is 5.62. The van der Waals surface area contributed by atoms with Crippen LogP contribution in [0.2, 0.25) is 0 Å². The average Bonchev–Trinajstić information content (AvgIpc) is 3.17. The quantitative estimate of drug-likeness (QED) is 0.191. The third-order valence-corrected chi connectivity index (χ3v) is 19.1. The van der Waals surface area contributed by atoms with Crippen molar-refractivity contribution < 1.29 is 21.4 Å². The maximum atomic E-state index is 2.58. The Morgan fingerprint density at radius 3 is 1.28 bits per heavy atom. The second-order valence-electron chi connectivity index (χ2n) is 12.5. The molecule has 0 atom stereocenters. The minimum atomic E-state index is -2.34. The molecular weight excluding hydrogens is 599 g/mol. The fraction of sp³-hybridized carbons (Fsp3) is 0.314. The van der Waals surface area contributed by atoms with Crippen LogP contribution in [0.15, 0.2) is 97.1 Å². The molecule has 0 N–H and O–H groups in total. The Labute approximate surface area is 226 Å². The van der Waals surface area contributed by atoms with Gasteiger partial charge in [-0.2, -0.15) is 0 Å². The van der Waals surface area contributed by atoms with Gasteiger partial charge in [0.05, 0.1) is 0 Å². The van der Waals surface area contributed by atoms with Crippen molar-refractivity contribution in [2.45, 2.75) is 64.4 Å². The summed E-state index contributed by atoms with van der Waals surface area (Å²) in [6.45, 7) is 14.1. The molecule has 4 aromatic carbocycles. The Morgan fingerprint density at radius 2 is 0.917 bits per heavy atom. The van der Waals surface area contributed by atoms with Crippen LogP contribution < -0.4 is 0 Å². The zero-order valence-corrected chi connectivity index (χ0v) is 26.3. The van der Waals surface area contributed by atoms with Crippen LogP contribution >= 0.6 is 0 Å². The first-order chi connectivity index (χ1) is 17.1. The van der Waals surface area contributed by atoms with Crippen molar-refractivity contribution in [3.63, 3.8) is 0 Å².